The Morgan fingerprint density at radius 3 is 2.80 bits per heavy atom. The topological polar surface area (TPSA) is 64.9 Å². The van der Waals surface area contributed by atoms with Gasteiger partial charge in [-0.25, -0.2) is 14.4 Å². The maximum Gasteiger partial charge on any atom is 0.154 e. The molecule has 4 rings (SSSR count). The number of hydrogen-bond donors (Lipinski definition) is 1. The summed E-state index contributed by atoms with van der Waals surface area (Å²) in [5, 5.41) is 0.713. The largest absolute Gasteiger partial charge is 0.454 e. The average molecular weight is 269 g/mol. The molecule has 2 heterocycles. The van der Waals surface area contributed by atoms with Crippen molar-refractivity contribution in [1.29, 1.82) is 0 Å². The van der Waals surface area contributed by atoms with Gasteiger partial charge in [-0.05, 0) is 37.1 Å². The predicted octanol–water partition coefficient (Wildman–Crippen LogP) is 3.49. The van der Waals surface area contributed by atoms with Gasteiger partial charge in [-0.1, -0.05) is 0 Å². The summed E-state index contributed by atoms with van der Waals surface area (Å²) >= 11 is 0. The van der Waals surface area contributed by atoms with E-state index in [-0.39, 0.29) is 5.82 Å². The molecule has 100 valence electrons. The van der Waals surface area contributed by atoms with Gasteiger partial charge in [-0.2, -0.15) is 0 Å². The number of nitrogens with zero attached hydrogens (tertiary/aromatic N) is 2. The Balaban J connectivity index is 1.85. The zero-order chi connectivity index (χ0) is 13.7. The Morgan fingerprint density at radius 2 is 2.00 bits per heavy atom. The van der Waals surface area contributed by atoms with Crippen molar-refractivity contribution in [2.75, 3.05) is 5.73 Å². The van der Waals surface area contributed by atoms with Gasteiger partial charge in [0.15, 0.2) is 5.76 Å². The summed E-state index contributed by atoms with van der Waals surface area (Å²) in [5.74, 6) is 1.92. The summed E-state index contributed by atoms with van der Waals surface area (Å²) < 4.78 is 18.9. The molecule has 2 aromatic heterocycles. The zero-order valence-electron chi connectivity index (χ0n) is 10.6. The number of fused-ring (bicyclic) bond motifs is 1. The number of halogens is 1. The normalized spacial score (nSPS) is 14.8. The predicted molar refractivity (Wildman–Crippen MR) is 73.6 cm³/mol. The van der Waals surface area contributed by atoms with Gasteiger partial charge in [-0.15, -0.1) is 0 Å². The van der Waals surface area contributed by atoms with Crippen LogP contribution < -0.4 is 5.73 Å². The third kappa shape index (κ3) is 1.91. The van der Waals surface area contributed by atoms with Crippen LogP contribution in [0.15, 0.2) is 34.7 Å². The first-order chi connectivity index (χ1) is 9.69. The summed E-state index contributed by atoms with van der Waals surface area (Å²) in [7, 11) is 0. The molecule has 20 heavy (non-hydrogen) atoms. The lowest BCUT2D eigenvalue weighted by Crippen LogP contribution is -1.99. The van der Waals surface area contributed by atoms with E-state index in [2.05, 4.69) is 9.97 Å². The van der Waals surface area contributed by atoms with Crippen LogP contribution in [0.2, 0.25) is 0 Å². The number of nitrogens with two attached hydrogens (primary N) is 1. The second-order valence-electron chi connectivity index (χ2n) is 5.10. The average Bonchev–Trinajstić information content (AvgIpc) is 3.18. The van der Waals surface area contributed by atoms with Crippen molar-refractivity contribution in [2.24, 2.45) is 0 Å². The monoisotopic (exact) mass is 269 g/mol. The van der Waals surface area contributed by atoms with E-state index in [4.69, 9.17) is 10.2 Å². The van der Waals surface area contributed by atoms with Crippen molar-refractivity contribution in [3.63, 3.8) is 0 Å². The molecule has 0 saturated heterocycles. The van der Waals surface area contributed by atoms with E-state index in [0.29, 0.717) is 34.2 Å². The highest BCUT2D eigenvalue weighted by atomic mass is 19.1. The second-order valence-corrected chi connectivity index (χ2v) is 5.10. The first kappa shape index (κ1) is 11.4. The van der Waals surface area contributed by atoms with Crippen molar-refractivity contribution in [3.05, 3.63) is 42.0 Å². The molecule has 0 bridgehead atoms. The fourth-order valence-electron chi connectivity index (χ4n) is 2.28. The standard InChI is InChI=1S/C15H12FN3O/c16-10-3-4-12-9(5-10)6-13(20-12)11-7-14(17)19-15(18-11)8-1-2-8/h3-8H,1-2H2,(H2,17,18,19). The fraction of sp³-hybridized carbons (Fsp3) is 0.200. The number of anilines is 1. The van der Waals surface area contributed by atoms with Gasteiger partial charge in [-0.3, -0.25) is 0 Å². The first-order valence-electron chi connectivity index (χ1n) is 6.53. The van der Waals surface area contributed by atoms with Gasteiger partial charge in [0, 0.05) is 17.4 Å². The molecule has 1 aromatic carbocycles. The molecular formula is C15H12FN3O. The maximum atomic E-state index is 13.2. The van der Waals surface area contributed by atoms with Crippen LogP contribution in [0.5, 0.6) is 0 Å². The number of aromatic nitrogens is 2. The third-order valence-corrected chi connectivity index (χ3v) is 3.44. The Hall–Kier alpha value is -2.43. The molecule has 1 aliphatic carbocycles. The van der Waals surface area contributed by atoms with Gasteiger partial charge < -0.3 is 10.2 Å². The number of hydrogen-bond acceptors (Lipinski definition) is 4. The van der Waals surface area contributed by atoms with Crippen molar-refractivity contribution in [2.45, 2.75) is 18.8 Å². The molecule has 4 nitrogen and oxygen atoms in total. The Morgan fingerprint density at radius 1 is 1.15 bits per heavy atom. The SMILES string of the molecule is Nc1cc(-c2cc3cc(F)ccc3o2)nc(C2CC2)n1. The second kappa shape index (κ2) is 4.03. The molecule has 0 atom stereocenters. The smallest absolute Gasteiger partial charge is 0.154 e. The first-order valence-corrected chi connectivity index (χ1v) is 6.53. The molecule has 5 heteroatoms. The van der Waals surface area contributed by atoms with Gasteiger partial charge >= 0.3 is 0 Å². The van der Waals surface area contributed by atoms with E-state index in [9.17, 15) is 4.39 Å². The van der Waals surface area contributed by atoms with E-state index in [1.54, 1.807) is 18.2 Å². The third-order valence-electron chi connectivity index (χ3n) is 3.44. The molecule has 1 fully saturated rings. The van der Waals surface area contributed by atoms with E-state index < -0.39 is 0 Å². The van der Waals surface area contributed by atoms with E-state index in [1.165, 1.54) is 12.1 Å². The van der Waals surface area contributed by atoms with Crippen LogP contribution in [0.1, 0.15) is 24.6 Å². The minimum absolute atomic E-state index is 0.286. The molecule has 0 aliphatic heterocycles. The Bertz CT molecular complexity index is 808. The van der Waals surface area contributed by atoms with Crippen LogP contribution in [-0.4, -0.2) is 9.97 Å². The molecule has 1 aliphatic rings. The lowest BCUT2D eigenvalue weighted by molar-refractivity contribution is 0.617. The van der Waals surface area contributed by atoms with Gasteiger partial charge in [0.2, 0.25) is 0 Å². The van der Waals surface area contributed by atoms with Crippen LogP contribution in [0, 0.1) is 5.82 Å². The van der Waals surface area contributed by atoms with Gasteiger partial charge in [0.1, 0.15) is 28.7 Å². The van der Waals surface area contributed by atoms with Crippen molar-refractivity contribution in [3.8, 4) is 11.5 Å². The van der Waals surface area contributed by atoms with Crippen LogP contribution in [0.25, 0.3) is 22.4 Å². The minimum Gasteiger partial charge on any atom is -0.454 e. The zero-order valence-corrected chi connectivity index (χ0v) is 10.6. The summed E-state index contributed by atoms with van der Waals surface area (Å²) in [6, 6.07) is 7.88. The highest BCUT2D eigenvalue weighted by molar-refractivity contribution is 5.82. The lowest BCUT2D eigenvalue weighted by atomic mass is 10.2. The number of benzene rings is 1. The Labute approximate surface area is 114 Å². The molecule has 0 spiro atoms. The highest BCUT2D eigenvalue weighted by Gasteiger charge is 2.27. The van der Waals surface area contributed by atoms with Gasteiger partial charge in [0.25, 0.3) is 0 Å². The summed E-state index contributed by atoms with van der Waals surface area (Å²) in [6.07, 6.45) is 2.21. The minimum atomic E-state index is -0.286. The van der Waals surface area contributed by atoms with Crippen molar-refractivity contribution >= 4 is 16.8 Å². The summed E-state index contributed by atoms with van der Waals surface area (Å²) in [6.45, 7) is 0. The number of furan rings is 1. The molecular weight excluding hydrogens is 257 g/mol. The quantitative estimate of drug-likeness (QED) is 0.773. The maximum absolute atomic E-state index is 13.2. The molecule has 2 N–H and O–H groups in total. The highest BCUT2D eigenvalue weighted by Crippen LogP contribution is 2.39. The molecule has 0 unspecified atom stereocenters. The van der Waals surface area contributed by atoms with Crippen LogP contribution in [0.3, 0.4) is 0 Å². The van der Waals surface area contributed by atoms with E-state index in [1.807, 2.05) is 0 Å². The fourth-order valence-corrected chi connectivity index (χ4v) is 2.28. The van der Waals surface area contributed by atoms with Crippen LogP contribution in [-0.2, 0) is 0 Å². The molecule has 0 amide bonds. The molecule has 0 radical (unpaired) electrons. The molecule has 1 saturated carbocycles. The summed E-state index contributed by atoms with van der Waals surface area (Å²) in [5.41, 5.74) is 7.11. The van der Waals surface area contributed by atoms with Crippen molar-refractivity contribution in [1.82, 2.24) is 9.97 Å². The number of rotatable bonds is 2. The number of nitrogen functional groups attached to an aromatic ring is 1. The lowest BCUT2D eigenvalue weighted by Gasteiger charge is -2.02. The summed E-state index contributed by atoms with van der Waals surface area (Å²) in [4.78, 5) is 8.76. The van der Waals surface area contributed by atoms with E-state index in [0.717, 1.165) is 18.7 Å². The van der Waals surface area contributed by atoms with Gasteiger partial charge in [0.05, 0.1) is 0 Å². The van der Waals surface area contributed by atoms with Crippen molar-refractivity contribution < 1.29 is 8.81 Å². The van der Waals surface area contributed by atoms with Crippen LogP contribution >= 0.6 is 0 Å². The van der Waals surface area contributed by atoms with E-state index >= 15 is 0 Å². The molecule has 3 aromatic rings. The van der Waals surface area contributed by atoms with Crippen LogP contribution in [0.4, 0.5) is 10.2 Å². The Kier molecular flexibility index (Phi) is 2.30.